The zero-order chi connectivity index (χ0) is 12.6. The number of Topliss-reactive ketones (excluding diaryl/α,β-unsaturated/α-hetero) is 1. The third-order valence-corrected chi connectivity index (χ3v) is 2.88. The van der Waals surface area contributed by atoms with Gasteiger partial charge in [-0.05, 0) is 18.6 Å². The van der Waals surface area contributed by atoms with Crippen LogP contribution in [0.4, 0.5) is 0 Å². The maximum atomic E-state index is 11.2. The van der Waals surface area contributed by atoms with Crippen molar-refractivity contribution in [1.82, 2.24) is 0 Å². The second-order valence-corrected chi connectivity index (χ2v) is 4.11. The first-order valence-electron chi connectivity index (χ1n) is 5.32. The van der Waals surface area contributed by atoms with Crippen LogP contribution in [0.5, 0.6) is 5.75 Å². The van der Waals surface area contributed by atoms with Crippen molar-refractivity contribution in [2.24, 2.45) is 0 Å². The molecule has 1 aliphatic rings. The molecule has 0 aliphatic carbocycles. The Hall–Kier alpha value is -1.65. The number of carbonyl (C=O) groups is 1. The summed E-state index contributed by atoms with van der Waals surface area (Å²) < 4.78 is 5.50. The van der Waals surface area contributed by atoms with Crippen LogP contribution in [0.3, 0.4) is 0 Å². The van der Waals surface area contributed by atoms with Crippen LogP contribution in [0.15, 0.2) is 30.4 Å². The molecule has 1 aromatic carbocycles. The summed E-state index contributed by atoms with van der Waals surface area (Å²) >= 11 is 0. The van der Waals surface area contributed by atoms with E-state index in [-0.39, 0.29) is 12.4 Å². The Balaban J connectivity index is 2.34. The second-order valence-electron chi connectivity index (χ2n) is 4.11. The monoisotopic (exact) mass is 234 g/mol. The summed E-state index contributed by atoms with van der Waals surface area (Å²) in [6.45, 7) is 4.87. The molecule has 2 atom stereocenters. The standard InChI is InChI=1S/C13H14O4/c1-7(6-14)13-12(16)10-4-3-9(8(2)15)5-11(10)17-13/h3-5,12-14,16H,1,6H2,2H3/t12-,13+/m0/s1. The second kappa shape index (κ2) is 4.31. The van der Waals surface area contributed by atoms with E-state index in [1.807, 2.05) is 0 Å². The van der Waals surface area contributed by atoms with Crippen LogP contribution in [0.2, 0.25) is 0 Å². The molecule has 0 spiro atoms. The van der Waals surface area contributed by atoms with Crippen LogP contribution in [-0.4, -0.2) is 28.7 Å². The van der Waals surface area contributed by atoms with Crippen molar-refractivity contribution in [3.63, 3.8) is 0 Å². The van der Waals surface area contributed by atoms with Gasteiger partial charge in [-0.25, -0.2) is 0 Å². The largest absolute Gasteiger partial charge is 0.482 e. The number of benzene rings is 1. The summed E-state index contributed by atoms with van der Waals surface area (Å²) in [5.41, 5.74) is 1.57. The van der Waals surface area contributed by atoms with Gasteiger partial charge in [0.1, 0.15) is 11.9 Å². The summed E-state index contributed by atoms with van der Waals surface area (Å²) in [7, 11) is 0. The van der Waals surface area contributed by atoms with E-state index in [1.54, 1.807) is 18.2 Å². The molecule has 4 heteroatoms. The van der Waals surface area contributed by atoms with Gasteiger partial charge in [-0.3, -0.25) is 4.79 Å². The van der Waals surface area contributed by atoms with E-state index in [9.17, 15) is 9.90 Å². The van der Waals surface area contributed by atoms with Crippen molar-refractivity contribution in [2.45, 2.75) is 19.1 Å². The Kier molecular flexibility index (Phi) is 3.00. The number of carbonyl (C=O) groups excluding carboxylic acids is 1. The maximum Gasteiger partial charge on any atom is 0.159 e. The zero-order valence-corrected chi connectivity index (χ0v) is 9.51. The van der Waals surface area contributed by atoms with E-state index in [4.69, 9.17) is 9.84 Å². The smallest absolute Gasteiger partial charge is 0.159 e. The van der Waals surface area contributed by atoms with E-state index in [1.165, 1.54) is 6.92 Å². The van der Waals surface area contributed by atoms with Crippen LogP contribution in [-0.2, 0) is 0 Å². The lowest BCUT2D eigenvalue weighted by atomic mass is 10.0. The topological polar surface area (TPSA) is 66.8 Å². The summed E-state index contributed by atoms with van der Waals surface area (Å²) in [6, 6.07) is 4.92. The third kappa shape index (κ3) is 1.97. The molecule has 4 nitrogen and oxygen atoms in total. The predicted molar refractivity (Wildman–Crippen MR) is 62.0 cm³/mol. The highest BCUT2D eigenvalue weighted by molar-refractivity contribution is 5.94. The molecule has 0 bridgehead atoms. The lowest BCUT2D eigenvalue weighted by molar-refractivity contribution is 0.0825. The summed E-state index contributed by atoms with van der Waals surface area (Å²) in [5, 5.41) is 19.0. The Morgan fingerprint density at radius 2 is 2.24 bits per heavy atom. The molecule has 2 rings (SSSR count). The fraction of sp³-hybridized carbons (Fsp3) is 0.308. The van der Waals surface area contributed by atoms with Crippen molar-refractivity contribution >= 4 is 5.78 Å². The highest BCUT2D eigenvalue weighted by Gasteiger charge is 2.34. The number of hydrogen-bond donors (Lipinski definition) is 2. The van der Waals surface area contributed by atoms with Crippen molar-refractivity contribution in [2.75, 3.05) is 6.61 Å². The van der Waals surface area contributed by atoms with E-state index in [0.717, 1.165) is 0 Å². The van der Waals surface area contributed by atoms with Gasteiger partial charge >= 0.3 is 0 Å². The molecule has 0 saturated carbocycles. The van der Waals surface area contributed by atoms with Crippen molar-refractivity contribution < 1.29 is 19.7 Å². The Morgan fingerprint density at radius 1 is 1.53 bits per heavy atom. The highest BCUT2D eigenvalue weighted by atomic mass is 16.5. The molecule has 1 heterocycles. The maximum absolute atomic E-state index is 11.2. The van der Waals surface area contributed by atoms with Gasteiger partial charge in [0.2, 0.25) is 0 Å². The molecule has 1 aliphatic heterocycles. The van der Waals surface area contributed by atoms with Gasteiger partial charge in [0.25, 0.3) is 0 Å². The van der Waals surface area contributed by atoms with Crippen LogP contribution in [0.1, 0.15) is 28.9 Å². The van der Waals surface area contributed by atoms with Crippen LogP contribution in [0.25, 0.3) is 0 Å². The minimum atomic E-state index is -0.842. The molecule has 0 radical (unpaired) electrons. The number of rotatable bonds is 3. The van der Waals surface area contributed by atoms with Gasteiger partial charge in [-0.15, -0.1) is 0 Å². The van der Waals surface area contributed by atoms with E-state index in [0.29, 0.717) is 22.4 Å². The summed E-state index contributed by atoms with van der Waals surface area (Å²) in [5.74, 6) is 0.417. The number of fused-ring (bicyclic) bond motifs is 1. The number of hydrogen-bond acceptors (Lipinski definition) is 4. The average molecular weight is 234 g/mol. The Morgan fingerprint density at radius 3 is 2.82 bits per heavy atom. The molecule has 0 saturated heterocycles. The highest BCUT2D eigenvalue weighted by Crippen LogP contribution is 2.39. The third-order valence-electron chi connectivity index (χ3n) is 2.88. The fourth-order valence-corrected chi connectivity index (χ4v) is 1.86. The Bertz CT molecular complexity index is 478. The van der Waals surface area contributed by atoms with Crippen LogP contribution in [0, 0.1) is 0 Å². The van der Waals surface area contributed by atoms with Gasteiger partial charge < -0.3 is 14.9 Å². The zero-order valence-electron chi connectivity index (χ0n) is 9.51. The van der Waals surface area contributed by atoms with Crippen molar-refractivity contribution in [3.05, 3.63) is 41.5 Å². The van der Waals surface area contributed by atoms with E-state index >= 15 is 0 Å². The van der Waals surface area contributed by atoms with Crippen molar-refractivity contribution in [1.29, 1.82) is 0 Å². The van der Waals surface area contributed by atoms with Gasteiger partial charge in [0.05, 0.1) is 6.61 Å². The minimum absolute atomic E-state index is 0.0599. The van der Waals surface area contributed by atoms with Gasteiger partial charge in [0.15, 0.2) is 11.9 Å². The van der Waals surface area contributed by atoms with Gasteiger partial charge in [-0.2, -0.15) is 0 Å². The lowest BCUT2D eigenvalue weighted by Gasteiger charge is -2.15. The van der Waals surface area contributed by atoms with Gasteiger partial charge in [0, 0.05) is 11.1 Å². The molecule has 1 aromatic rings. The number of aliphatic hydroxyl groups is 2. The van der Waals surface area contributed by atoms with E-state index < -0.39 is 12.2 Å². The fourth-order valence-electron chi connectivity index (χ4n) is 1.86. The molecular formula is C13H14O4. The molecule has 0 amide bonds. The number of aliphatic hydroxyl groups excluding tert-OH is 2. The summed E-state index contributed by atoms with van der Waals surface area (Å²) in [6.07, 6.45) is -1.48. The molecular weight excluding hydrogens is 220 g/mol. The molecule has 90 valence electrons. The van der Waals surface area contributed by atoms with Crippen LogP contribution < -0.4 is 4.74 Å². The number of ketones is 1. The summed E-state index contributed by atoms with van der Waals surface area (Å²) in [4.78, 5) is 11.2. The predicted octanol–water partition coefficient (Wildman–Crippen LogP) is 1.23. The average Bonchev–Trinajstić information content (AvgIpc) is 2.65. The first kappa shape index (κ1) is 11.8. The quantitative estimate of drug-likeness (QED) is 0.610. The molecule has 2 N–H and O–H groups in total. The first-order chi connectivity index (χ1) is 8.04. The molecule has 0 unspecified atom stereocenters. The van der Waals surface area contributed by atoms with Crippen molar-refractivity contribution in [3.8, 4) is 5.75 Å². The molecule has 17 heavy (non-hydrogen) atoms. The number of ether oxygens (including phenoxy) is 1. The molecule has 0 fully saturated rings. The van der Waals surface area contributed by atoms with Gasteiger partial charge in [-0.1, -0.05) is 18.7 Å². The van der Waals surface area contributed by atoms with E-state index in [2.05, 4.69) is 6.58 Å². The minimum Gasteiger partial charge on any atom is -0.482 e. The van der Waals surface area contributed by atoms with Crippen LogP contribution >= 0.6 is 0 Å². The Labute approximate surface area is 99.2 Å². The normalized spacial score (nSPS) is 21.8. The first-order valence-corrected chi connectivity index (χ1v) is 5.32. The molecule has 0 aromatic heterocycles. The lowest BCUT2D eigenvalue weighted by Crippen LogP contribution is -2.22. The SMILES string of the molecule is C=C(CO)[C@H]1Oc2cc(C(C)=O)ccc2[C@@H]1O.